The highest BCUT2D eigenvalue weighted by Crippen LogP contribution is 2.07. The Kier molecular flexibility index (Phi) is 3.56. The van der Waals surface area contributed by atoms with Gasteiger partial charge in [-0.3, -0.25) is 4.98 Å². The molecule has 0 atom stereocenters. The predicted octanol–water partition coefficient (Wildman–Crippen LogP) is 0.966. The summed E-state index contributed by atoms with van der Waals surface area (Å²) in [6.07, 6.45) is 3.87. The summed E-state index contributed by atoms with van der Waals surface area (Å²) in [5, 5.41) is 8.80. The standard InChI is InChI=1S/C10H9NO4/c1-15-9(12)5-4-8-7(10(13)14)3-2-6-11-8/h2-6H,1H3,(H,13,14). The highest BCUT2D eigenvalue weighted by molar-refractivity contribution is 5.93. The van der Waals surface area contributed by atoms with Crippen molar-refractivity contribution >= 4 is 18.0 Å². The molecular weight excluding hydrogens is 198 g/mol. The summed E-state index contributed by atoms with van der Waals surface area (Å²) in [5.41, 5.74) is 0.257. The molecule has 5 heteroatoms. The van der Waals surface area contributed by atoms with Gasteiger partial charge in [-0.15, -0.1) is 0 Å². The maximum Gasteiger partial charge on any atom is 0.337 e. The van der Waals surface area contributed by atoms with E-state index in [4.69, 9.17) is 5.11 Å². The molecule has 0 spiro atoms. The van der Waals surface area contributed by atoms with Crippen molar-refractivity contribution in [3.8, 4) is 0 Å². The number of hydrogen-bond acceptors (Lipinski definition) is 4. The van der Waals surface area contributed by atoms with E-state index < -0.39 is 11.9 Å². The normalized spacial score (nSPS) is 10.2. The summed E-state index contributed by atoms with van der Waals surface area (Å²) >= 11 is 0. The predicted molar refractivity (Wildman–Crippen MR) is 52.2 cm³/mol. The second-order valence-electron chi connectivity index (χ2n) is 2.60. The SMILES string of the molecule is COC(=O)C=Cc1ncccc1C(=O)O. The maximum absolute atomic E-state index is 10.8. The fourth-order valence-corrected chi connectivity index (χ4v) is 0.946. The van der Waals surface area contributed by atoms with E-state index in [2.05, 4.69) is 9.72 Å². The van der Waals surface area contributed by atoms with Crippen LogP contribution in [0.2, 0.25) is 0 Å². The topological polar surface area (TPSA) is 76.5 Å². The lowest BCUT2D eigenvalue weighted by Gasteiger charge is -1.98. The molecule has 0 unspecified atom stereocenters. The van der Waals surface area contributed by atoms with Gasteiger partial charge in [0.25, 0.3) is 0 Å². The van der Waals surface area contributed by atoms with Crippen molar-refractivity contribution in [3.05, 3.63) is 35.7 Å². The van der Waals surface area contributed by atoms with Gasteiger partial charge in [0.15, 0.2) is 0 Å². The van der Waals surface area contributed by atoms with Crippen molar-refractivity contribution in [2.45, 2.75) is 0 Å². The Morgan fingerprint density at radius 2 is 2.27 bits per heavy atom. The van der Waals surface area contributed by atoms with Crippen molar-refractivity contribution in [2.75, 3.05) is 7.11 Å². The lowest BCUT2D eigenvalue weighted by Crippen LogP contribution is -2.01. The van der Waals surface area contributed by atoms with Crippen molar-refractivity contribution in [3.63, 3.8) is 0 Å². The number of pyridine rings is 1. The van der Waals surface area contributed by atoms with Gasteiger partial charge in [0.1, 0.15) is 0 Å². The van der Waals surface area contributed by atoms with Crippen LogP contribution in [0.3, 0.4) is 0 Å². The van der Waals surface area contributed by atoms with Gasteiger partial charge >= 0.3 is 11.9 Å². The summed E-state index contributed by atoms with van der Waals surface area (Å²) in [6, 6.07) is 2.92. The Balaban J connectivity index is 2.99. The molecule has 0 saturated carbocycles. The van der Waals surface area contributed by atoms with Crippen LogP contribution in [-0.2, 0) is 9.53 Å². The van der Waals surface area contributed by atoms with Gasteiger partial charge in [0.2, 0.25) is 0 Å². The first-order valence-corrected chi connectivity index (χ1v) is 4.09. The van der Waals surface area contributed by atoms with Gasteiger partial charge in [0, 0.05) is 12.3 Å². The Bertz CT molecular complexity index is 412. The number of hydrogen-bond donors (Lipinski definition) is 1. The zero-order chi connectivity index (χ0) is 11.3. The van der Waals surface area contributed by atoms with E-state index in [1.807, 2.05) is 0 Å². The molecule has 0 aliphatic carbocycles. The third-order valence-electron chi connectivity index (χ3n) is 1.65. The van der Waals surface area contributed by atoms with Gasteiger partial charge in [-0.05, 0) is 18.2 Å². The Hall–Kier alpha value is -2.17. The van der Waals surface area contributed by atoms with Crippen LogP contribution in [0.5, 0.6) is 0 Å². The number of nitrogens with zero attached hydrogens (tertiary/aromatic N) is 1. The molecule has 0 aliphatic heterocycles. The third kappa shape index (κ3) is 2.91. The molecule has 0 bridgehead atoms. The highest BCUT2D eigenvalue weighted by Gasteiger charge is 2.07. The van der Waals surface area contributed by atoms with Crippen molar-refractivity contribution in [1.29, 1.82) is 0 Å². The minimum Gasteiger partial charge on any atom is -0.478 e. The lowest BCUT2D eigenvalue weighted by atomic mass is 10.2. The van der Waals surface area contributed by atoms with Crippen LogP contribution in [0.15, 0.2) is 24.4 Å². The summed E-state index contributed by atoms with van der Waals surface area (Å²) in [4.78, 5) is 25.4. The van der Waals surface area contributed by atoms with Crippen molar-refractivity contribution in [2.24, 2.45) is 0 Å². The minimum atomic E-state index is -1.09. The summed E-state index contributed by atoms with van der Waals surface area (Å²) in [5.74, 6) is -1.65. The molecule has 15 heavy (non-hydrogen) atoms. The zero-order valence-corrected chi connectivity index (χ0v) is 8.01. The van der Waals surface area contributed by atoms with Crippen LogP contribution in [0.1, 0.15) is 16.1 Å². The molecule has 1 heterocycles. The van der Waals surface area contributed by atoms with Crippen LogP contribution < -0.4 is 0 Å². The third-order valence-corrected chi connectivity index (χ3v) is 1.65. The first-order valence-electron chi connectivity index (χ1n) is 4.09. The molecule has 1 rings (SSSR count). The van der Waals surface area contributed by atoms with E-state index >= 15 is 0 Å². The minimum absolute atomic E-state index is 0.0395. The fraction of sp³-hybridized carbons (Fsp3) is 0.100. The first kappa shape index (κ1) is 10.9. The molecule has 1 aromatic heterocycles. The number of esters is 1. The van der Waals surface area contributed by atoms with Crippen LogP contribution in [0, 0.1) is 0 Å². The maximum atomic E-state index is 10.8. The van der Waals surface area contributed by atoms with Gasteiger partial charge in [0.05, 0.1) is 18.4 Å². The van der Waals surface area contributed by atoms with Crippen LogP contribution in [-0.4, -0.2) is 29.1 Å². The molecule has 0 aromatic carbocycles. The molecule has 5 nitrogen and oxygen atoms in total. The first-order chi connectivity index (χ1) is 7.15. The molecule has 0 amide bonds. The molecule has 1 aromatic rings. The number of ether oxygens (including phenoxy) is 1. The van der Waals surface area contributed by atoms with E-state index in [-0.39, 0.29) is 11.3 Å². The quantitative estimate of drug-likeness (QED) is 0.590. The molecule has 1 N–H and O–H groups in total. The van der Waals surface area contributed by atoms with Gasteiger partial charge in [-0.2, -0.15) is 0 Å². The van der Waals surface area contributed by atoms with E-state index in [9.17, 15) is 9.59 Å². The molecule has 0 radical (unpaired) electrons. The number of carboxylic acid groups (broad SMARTS) is 1. The second kappa shape index (κ2) is 4.90. The van der Waals surface area contributed by atoms with Crippen LogP contribution in [0.25, 0.3) is 6.08 Å². The van der Waals surface area contributed by atoms with Gasteiger partial charge < -0.3 is 9.84 Å². The highest BCUT2D eigenvalue weighted by atomic mass is 16.5. The smallest absolute Gasteiger partial charge is 0.337 e. The summed E-state index contributed by atoms with van der Waals surface area (Å²) in [7, 11) is 1.24. The van der Waals surface area contributed by atoms with Crippen molar-refractivity contribution < 1.29 is 19.4 Å². The fourth-order valence-electron chi connectivity index (χ4n) is 0.946. The van der Waals surface area contributed by atoms with Crippen LogP contribution >= 0.6 is 0 Å². The molecular formula is C10H9NO4. The monoisotopic (exact) mass is 207 g/mol. The Morgan fingerprint density at radius 3 is 2.87 bits per heavy atom. The number of aromatic nitrogens is 1. The van der Waals surface area contributed by atoms with Crippen LogP contribution in [0.4, 0.5) is 0 Å². The largest absolute Gasteiger partial charge is 0.478 e. The number of carboxylic acids is 1. The lowest BCUT2D eigenvalue weighted by molar-refractivity contribution is -0.134. The van der Waals surface area contributed by atoms with Gasteiger partial charge in [-0.1, -0.05) is 0 Å². The molecule has 0 fully saturated rings. The Morgan fingerprint density at radius 1 is 1.53 bits per heavy atom. The summed E-state index contributed by atoms with van der Waals surface area (Å²) in [6.45, 7) is 0. The number of carbonyl (C=O) groups is 2. The second-order valence-corrected chi connectivity index (χ2v) is 2.60. The average Bonchev–Trinajstić information content (AvgIpc) is 2.26. The van der Waals surface area contributed by atoms with Gasteiger partial charge in [-0.25, -0.2) is 9.59 Å². The molecule has 0 saturated heterocycles. The van der Waals surface area contributed by atoms with E-state index in [1.54, 1.807) is 0 Å². The molecule has 78 valence electrons. The van der Waals surface area contributed by atoms with E-state index in [0.29, 0.717) is 0 Å². The number of carbonyl (C=O) groups excluding carboxylic acids is 1. The average molecular weight is 207 g/mol. The number of rotatable bonds is 3. The Labute approximate surface area is 86.0 Å². The van der Waals surface area contributed by atoms with E-state index in [0.717, 1.165) is 6.08 Å². The number of aromatic carboxylic acids is 1. The molecule has 0 aliphatic rings. The van der Waals surface area contributed by atoms with Crippen molar-refractivity contribution in [1.82, 2.24) is 4.98 Å². The zero-order valence-electron chi connectivity index (χ0n) is 8.01. The van der Waals surface area contributed by atoms with E-state index in [1.165, 1.54) is 31.5 Å². The number of methoxy groups -OCH3 is 1. The summed E-state index contributed by atoms with van der Waals surface area (Å²) < 4.78 is 4.37.